The summed E-state index contributed by atoms with van der Waals surface area (Å²) >= 11 is 0. The summed E-state index contributed by atoms with van der Waals surface area (Å²) in [5.74, 6) is -0.246. The van der Waals surface area contributed by atoms with E-state index in [1.165, 1.54) is 18.2 Å². The zero-order valence-electron chi connectivity index (χ0n) is 14.6. The Balaban J connectivity index is 1.75. The highest BCUT2D eigenvalue weighted by Gasteiger charge is 2.25. The van der Waals surface area contributed by atoms with Crippen LogP contribution in [0.1, 0.15) is 12.0 Å². The first-order valence-corrected chi connectivity index (χ1v) is 8.59. The van der Waals surface area contributed by atoms with E-state index in [0.717, 1.165) is 19.0 Å². The fraction of sp³-hybridized carbons (Fsp3) is 0.333. The van der Waals surface area contributed by atoms with Gasteiger partial charge in [0.15, 0.2) is 0 Å². The quantitative estimate of drug-likeness (QED) is 0.589. The monoisotopic (exact) mass is 374 g/mol. The third kappa shape index (κ3) is 4.37. The van der Waals surface area contributed by atoms with Crippen LogP contribution in [0.15, 0.2) is 42.5 Å². The first-order chi connectivity index (χ1) is 13.0. The normalized spacial score (nSPS) is 15.4. The topological polar surface area (TPSA) is 92.8 Å². The molecule has 0 bridgehead atoms. The summed E-state index contributed by atoms with van der Waals surface area (Å²) in [5, 5.41) is 22.3. The van der Waals surface area contributed by atoms with Crippen molar-refractivity contribution in [2.75, 3.05) is 31.1 Å². The summed E-state index contributed by atoms with van der Waals surface area (Å²) in [6.45, 7) is 2.94. The van der Waals surface area contributed by atoms with E-state index in [1.807, 2.05) is 4.90 Å². The molecule has 1 saturated heterocycles. The first kappa shape index (κ1) is 18.7. The largest absolute Gasteiger partial charge is 0.365 e. The third-order valence-electron chi connectivity index (χ3n) is 4.65. The lowest BCUT2D eigenvalue weighted by atomic mass is 10.2. The van der Waals surface area contributed by atoms with E-state index in [2.05, 4.69) is 4.90 Å². The van der Waals surface area contributed by atoms with Crippen LogP contribution in [0, 0.1) is 26.0 Å². The molecule has 0 atom stereocenters. The second-order valence-electron chi connectivity index (χ2n) is 6.40. The van der Waals surface area contributed by atoms with Gasteiger partial charge in [0.2, 0.25) is 0 Å². The molecule has 1 aliphatic rings. The van der Waals surface area contributed by atoms with Crippen molar-refractivity contribution in [3.05, 3.63) is 74.1 Å². The van der Waals surface area contributed by atoms with Crippen LogP contribution in [0.25, 0.3) is 0 Å². The number of nitro groups is 2. The van der Waals surface area contributed by atoms with Gasteiger partial charge in [-0.1, -0.05) is 18.2 Å². The van der Waals surface area contributed by atoms with Crippen molar-refractivity contribution in [1.82, 2.24) is 4.90 Å². The predicted molar refractivity (Wildman–Crippen MR) is 98.3 cm³/mol. The minimum absolute atomic E-state index is 0.246. The molecule has 8 nitrogen and oxygen atoms in total. The second-order valence-corrected chi connectivity index (χ2v) is 6.40. The molecule has 1 aliphatic heterocycles. The van der Waals surface area contributed by atoms with Crippen LogP contribution >= 0.6 is 0 Å². The fourth-order valence-corrected chi connectivity index (χ4v) is 3.28. The molecule has 0 radical (unpaired) electrons. The van der Waals surface area contributed by atoms with E-state index in [1.54, 1.807) is 18.2 Å². The van der Waals surface area contributed by atoms with Crippen LogP contribution < -0.4 is 4.90 Å². The van der Waals surface area contributed by atoms with Gasteiger partial charge >= 0.3 is 0 Å². The predicted octanol–water partition coefficient (Wildman–Crippen LogP) is 3.35. The Bertz CT molecular complexity index is 861. The summed E-state index contributed by atoms with van der Waals surface area (Å²) < 4.78 is 13.9. The average Bonchev–Trinajstić information content (AvgIpc) is 2.88. The van der Waals surface area contributed by atoms with Crippen LogP contribution in [0.2, 0.25) is 0 Å². The Morgan fingerprint density at radius 2 is 1.74 bits per heavy atom. The highest BCUT2D eigenvalue weighted by molar-refractivity contribution is 5.66. The average molecular weight is 374 g/mol. The number of hydrogen-bond acceptors (Lipinski definition) is 6. The second kappa shape index (κ2) is 8.09. The molecule has 0 aromatic heterocycles. The van der Waals surface area contributed by atoms with E-state index in [0.29, 0.717) is 37.4 Å². The molecule has 0 saturated carbocycles. The molecule has 2 aromatic carbocycles. The standard InChI is InChI=1S/C18H19FN4O4/c19-16-5-2-1-4-14(16)13-20-8-3-9-21(11-10-20)17-7-6-15(22(24)25)12-18(17)23(26)27/h1-2,4-7,12H,3,8-11,13H2. The Hall–Kier alpha value is -3.07. The van der Waals surface area contributed by atoms with Gasteiger partial charge in [-0.15, -0.1) is 0 Å². The minimum atomic E-state index is -0.644. The Kier molecular flexibility index (Phi) is 5.60. The molecule has 1 heterocycles. The molecule has 0 amide bonds. The smallest absolute Gasteiger partial charge is 0.299 e. The van der Waals surface area contributed by atoms with Crippen LogP contribution in [-0.2, 0) is 6.54 Å². The lowest BCUT2D eigenvalue weighted by Gasteiger charge is -2.23. The number of anilines is 1. The van der Waals surface area contributed by atoms with E-state index < -0.39 is 9.85 Å². The van der Waals surface area contributed by atoms with Crippen LogP contribution in [-0.4, -0.2) is 40.9 Å². The lowest BCUT2D eigenvalue weighted by Crippen LogP contribution is -2.31. The van der Waals surface area contributed by atoms with Crippen molar-refractivity contribution in [3.8, 4) is 0 Å². The van der Waals surface area contributed by atoms with Crippen molar-refractivity contribution >= 4 is 17.1 Å². The molecule has 1 fully saturated rings. The van der Waals surface area contributed by atoms with Gasteiger partial charge in [0.25, 0.3) is 11.4 Å². The van der Waals surface area contributed by atoms with E-state index in [4.69, 9.17) is 0 Å². The molecule has 0 N–H and O–H groups in total. The maximum absolute atomic E-state index is 13.9. The highest BCUT2D eigenvalue weighted by atomic mass is 19.1. The van der Waals surface area contributed by atoms with E-state index in [9.17, 15) is 24.6 Å². The van der Waals surface area contributed by atoms with Gasteiger partial charge < -0.3 is 4.90 Å². The number of benzene rings is 2. The highest BCUT2D eigenvalue weighted by Crippen LogP contribution is 2.32. The van der Waals surface area contributed by atoms with Crippen molar-refractivity contribution in [2.45, 2.75) is 13.0 Å². The summed E-state index contributed by atoms with van der Waals surface area (Å²) in [6.07, 6.45) is 0.753. The molecular formula is C18H19FN4O4. The number of nitro benzene ring substituents is 2. The van der Waals surface area contributed by atoms with Gasteiger partial charge in [0.05, 0.1) is 15.9 Å². The summed E-state index contributed by atoms with van der Waals surface area (Å²) in [7, 11) is 0. The molecule has 0 aliphatic carbocycles. The van der Waals surface area contributed by atoms with Gasteiger partial charge in [-0.2, -0.15) is 0 Å². The Morgan fingerprint density at radius 3 is 2.44 bits per heavy atom. The maximum Gasteiger partial charge on any atom is 0.299 e. The number of hydrogen-bond donors (Lipinski definition) is 0. The van der Waals surface area contributed by atoms with Crippen molar-refractivity contribution in [3.63, 3.8) is 0 Å². The van der Waals surface area contributed by atoms with Gasteiger partial charge in [-0.25, -0.2) is 4.39 Å². The summed E-state index contributed by atoms with van der Waals surface area (Å²) in [6, 6.07) is 10.3. The molecule has 3 rings (SSSR count). The number of rotatable bonds is 5. The first-order valence-electron chi connectivity index (χ1n) is 8.59. The maximum atomic E-state index is 13.9. The molecule has 142 valence electrons. The minimum Gasteiger partial charge on any atom is -0.365 e. The summed E-state index contributed by atoms with van der Waals surface area (Å²) in [5.41, 5.74) is 0.416. The number of non-ortho nitro benzene ring substituents is 1. The fourth-order valence-electron chi connectivity index (χ4n) is 3.28. The van der Waals surface area contributed by atoms with Gasteiger partial charge in [-0.05, 0) is 18.6 Å². The van der Waals surface area contributed by atoms with Gasteiger partial charge in [0, 0.05) is 44.4 Å². The van der Waals surface area contributed by atoms with Crippen molar-refractivity contribution in [2.24, 2.45) is 0 Å². The lowest BCUT2D eigenvalue weighted by molar-refractivity contribution is -0.393. The van der Waals surface area contributed by atoms with Crippen LogP contribution in [0.3, 0.4) is 0 Å². The molecule has 9 heteroatoms. The van der Waals surface area contributed by atoms with Crippen LogP contribution in [0.5, 0.6) is 0 Å². The van der Waals surface area contributed by atoms with Gasteiger partial charge in [-0.3, -0.25) is 25.1 Å². The molecule has 2 aromatic rings. The van der Waals surface area contributed by atoms with Gasteiger partial charge in [0.1, 0.15) is 11.5 Å². The zero-order chi connectivity index (χ0) is 19.4. The van der Waals surface area contributed by atoms with Crippen LogP contribution in [0.4, 0.5) is 21.5 Å². The number of halogens is 1. The molecule has 27 heavy (non-hydrogen) atoms. The molecule has 0 spiro atoms. The Morgan fingerprint density at radius 1 is 0.963 bits per heavy atom. The zero-order valence-corrected chi connectivity index (χ0v) is 14.6. The number of nitrogens with zero attached hydrogens (tertiary/aromatic N) is 4. The SMILES string of the molecule is O=[N+]([O-])c1ccc(N2CCCN(Cc3ccccc3F)CC2)c([N+](=O)[O-])c1. The molecule has 0 unspecified atom stereocenters. The van der Waals surface area contributed by atoms with Crippen molar-refractivity contribution < 1.29 is 14.2 Å². The summed E-state index contributed by atoms with van der Waals surface area (Å²) in [4.78, 5) is 25.0. The van der Waals surface area contributed by atoms with Crippen molar-refractivity contribution in [1.29, 1.82) is 0 Å². The Labute approximate surface area is 155 Å². The van der Waals surface area contributed by atoms with E-state index in [-0.39, 0.29) is 17.2 Å². The molecular weight excluding hydrogens is 355 g/mol. The van der Waals surface area contributed by atoms with E-state index >= 15 is 0 Å². The third-order valence-corrected chi connectivity index (χ3v) is 4.65.